The van der Waals surface area contributed by atoms with Crippen molar-refractivity contribution in [2.24, 2.45) is 4.99 Å². The first-order chi connectivity index (χ1) is 7.69. The Hall–Kier alpha value is -1.57. The van der Waals surface area contributed by atoms with E-state index >= 15 is 0 Å². The molecule has 1 rings (SSSR count). The second-order valence-electron chi connectivity index (χ2n) is 3.72. The topological polar surface area (TPSA) is 32.6 Å². The largest absolute Gasteiger partial charge is 0.507 e. The molecule has 0 saturated heterocycles. The maximum Gasteiger partial charge on any atom is 0.124 e. The van der Waals surface area contributed by atoms with E-state index < -0.39 is 0 Å². The van der Waals surface area contributed by atoms with Crippen LogP contribution in [0.3, 0.4) is 0 Å². The van der Waals surface area contributed by atoms with Crippen molar-refractivity contribution in [1.29, 1.82) is 0 Å². The van der Waals surface area contributed by atoms with Gasteiger partial charge in [-0.15, -0.1) is 0 Å². The Morgan fingerprint density at radius 3 is 2.62 bits per heavy atom. The molecule has 0 fully saturated rings. The third-order valence-corrected chi connectivity index (χ3v) is 2.68. The monoisotopic (exact) mass is 217 g/mol. The first-order valence-electron chi connectivity index (χ1n) is 5.62. The summed E-state index contributed by atoms with van der Waals surface area (Å²) in [5.74, 6) is 0.294. The number of allylic oxidation sites excluding steroid dienone is 1. The number of aromatic hydroxyl groups is 1. The third-order valence-electron chi connectivity index (χ3n) is 2.68. The molecule has 0 atom stereocenters. The fraction of sp³-hybridized carbons (Fsp3) is 0.357. The number of hydrogen-bond acceptors (Lipinski definition) is 2. The van der Waals surface area contributed by atoms with E-state index in [4.69, 9.17) is 0 Å². The average molecular weight is 217 g/mol. The summed E-state index contributed by atoms with van der Waals surface area (Å²) in [4.78, 5) is 4.49. The number of nitrogens with zero attached hydrogens (tertiary/aromatic N) is 1. The summed E-state index contributed by atoms with van der Waals surface area (Å²) < 4.78 is 0. The lowest BCUT2D eigenvalue weighted by molar-refractivity contribution is 0.474. The Morgan fingerprint density at radius 1 is 1.38 bits per heavy atom. The zero-order chi connectivity index (χ0) is 12.0. The van der Waals surface area contributed by atoms with Gasteiger partial charge in [-0.3, -0.25) is 4.99 Å². The SMILES string of the molecule is C/C=C(\CC)C/N=C(\C)c1ccccc1O. The van der Waals surface area contributed by atoms with Gasteiger partial charge in [0.15, 0.2) is 0 Å². The minimum atomic E-state index is 0.294. The first kappa shape index (κ1) is 12.5. The normalized spacial score (nSPS) is 12.9. The summed E-state index contributed by atoms with van der Waals surface area (Å²) in [5.41, 5.74) is 3.01. The van der Waals surface area contributed by atoms with Crippen LogP contribution >= 0.6 is 0 Å². The number of phenolic OH excluding ortho intramolecular Hbond substituents is 1. The molecule has 0 unspecified atom stereocenters. The van der Waals surface area contributed by atoms with Crippen molar-refractivity contribution in [2.75, 3.05) is 6.54 Å². The molecular formula is C14H19NO. The van der Waals surface area contributed by atoms with Crippen molar-refractivity contribution < 1.29 is 5.11 Å². The van der Waals surface area contributed by atoms with Crippen LogP contribution in [0.2, 0.25) is 0 Å². The van der Waals surface area contributed by atoms with Gasteiger partial charge in [0.2, 0.25) is 0 Å². The van der Waals surface area contributed by atoms with Gasteiger partial charge in [-0.2, -0.15) is 0 Å². The Kier molecular flexibility index (Phi) is 4.77. The molecule has 86 valence electrons. The van der Waals surface area contributed by atoms with Crippen molar-refractivity contribution in [3.05, 3.63) is 41.5 Å². The lowest BCUT2D eigenvalue weighted by Crippen LogP contribution is -1.98. The third kappa shape index (κ3) is 3.23. The number of aliphatic imine (C=N–C) groups is 1. The van der Waals surface area contributed by atoms with Gasteiger partial charge in [-0.05, 0) is 32.4 Å². The molecule has 1 aromatic rings. The molecule has 0 bridgehead atoms. The zero-order valence-electron chi connectivity index (χ0n) is 10.2. The highest BCUT2D eigenvalue weighted by Crippen LogP contribution is 2.16. The summed E-state index contributed by atoms with van der Waals surface area (Å²) in [7, 11) is 0. The van der Waals surface area contributed by atoms with Gasteiger partial charge in [0.1, 0.15) is 5.75 Å². The molecule has 1 aromatic carbocycles. The summed E-state index contributed by atoms with van der Waals surface area (Å²) in [5, 5.41) is 9.67. The maximum atomic E-state index is 9.67. The summed E-state index contributed by atoms with van der Waals surface area (Å²) in [6.45, 7) is 6.80. The van der Waals surface area contributed by atoms with Crippen LogP contribution < -0.4 is 0 Å². The van der Waals surface area contributed by atoms with Crippen molar-refractivity contribution in [2.45, 2.75) is 27.2 Å². The number of rotatable bonds is 4. The zero-order valence-corrected chi connectivity index (χ0v) is 10.2. The van der Waals surface area contributed by atoms with E-state index in [9.17, 15) is 5.11 Å². The van der Waals surface area contributed by atoms with Crippen LogP contribution in [0.25, 0.3) is 0 Å². The molecule has 0 aliphatic rings. The standard InChI is InChI=1S/C14H19NO/c1-4-12(5-2)10-15-11(3)13-8-6-7-9-14(13)16/h4,6-9,16H,5,10H2,1-3H3/b12-4+,15-11+. The molecule has 0 radical (unpaired) electrons. The lowest BCUT2D eigenvalue weighted by atomic mass is 10.1. The summed E-state index contributed by atoms with van der Waals surface area (Å²) >= 11 is 0. The first-order valence-corrected chi connectivity index (χ1v) is 5.62. The van der Waals surface area contributed by atoms with E-state index in [1.807, 2.05) is 32.0 Å². The second-order valence-corrected chi connectivity index (χ2v) is 3.72. The molecule has 0 amide bonds. The highest BCUT2D eigenvalue weighted by atomic mass is 16.3. The van der Waals surface area contributed by atoms with Gasteiger partial charge < -0.3 is 5.11 Å². The van der Waals surface area contributed by atoms with Crippen molar-refractivity contribution in [3.63, 3.8) is 0 Å². The van der Waals surface area contributed by atoms with Crippen LogP contribution in [0.15, 0.2) is 40.9 Å². The van der Waals surface area contributed by atoms with Crippen LogP contribution in [-0.2, 0) is 0 Å². The molecule has 0 aliphatic heterocycles. The van der Waals surface area contributed by atoms with Crippen LogP contribution in [0.1, 0.15) is 32.8 Å². The van der Waals surface area contributed by atoms with Crippen LogP contribution in [0.4, 0.5) is 0 Å². The number of para-hydroxylation sites is 1. The maximum absolute atomic E-state index is 9.67. The summed E-state index contributed by atoms with van der Waals surface area (Å²) in [6, 6.07) is 7.29. The quantitative estimate of drug-likeness (QED) is 0.607. The Labute approximate surface area is 97.4 Å². The highest BCUT2D eigenvalue weighted by Gasteiger charge is 2.02. The average Bonchev–Trinajstić information content (AvgIpc) is 2.30. The predicted octanol–water partition coefficient (Wildman–Crippen LogP) is 3.56. The molecule has 0 saturated carbocycles. The Balaban J connectivity index is 2.82. The van der Waals surface area contributed by atoms with E-state index in [0.29, 0.717) is 12.3 Å². The van der Waals surface area contributed by atoms with Crippen LogP contribution in [0.5, 0.6) is 5.75 Å². The molecule has 16 heavy (non-hydrogen) atoms. The second kappa shape index (κ2) is 6.11. The van der Waals surface area contributed by atoms with E-state index in [1.54, 1.807) is 6.07 Å². The smallest absolute Gasteiger partial charge is 0.124 e. The van der Waals surface area contributed by atoms with Crippen molar-refractivity contribution in [1.82, 2.24) is 0 Å². The highest BCUT2D eigenvalue weighted by molar-refractivity contribution is 6.01. The van der Waals surface area contributed by atoms with E-state index in [2.05, 4.69) is 18.0 Å². The van der Waals surface area contributed by atoms with E-state index in [0.717, 1.165) is 17.7 Å². The van der Waals surface area contributed by atoms with Crippen molar-refractivity contribution in [3.8, 4) is 5.75 Å². The van der Waals surface area contributed by atoms with Crippen LogP contribution in [-0.4, -0.2) is 17.4 Å². The number of benzene rings is 1. The number of phenols is 1. The molecule has 0 aliphatic carbocycles. The Bertz CT molecular complexity index is 405. The predicted molar refractivity (Wildman–Crippen MR) is 69.2 cm³/mol. The molecule has 1 N–H and O–H groups in total. The lowest BCUT2D eigenvalue weighted by Gasteiger charge is -2.05. The molecule has 0 spiro atoms. The Morgan fingerprint density at radius 2 is 2.06 bits per heavy atom. The molecular weight excluding hydrogens is 198 g/mol. The van der Waals surface area contributed by atoms with Crippen molar-refractivity contribution >= 4 is 5.71 Å². The van der Waals surface area contributed by atoms with Gasteiger partial charge in [0.05, 0.1) is 6.54 Å². The summed E-state index contributed by atoms with van der Waals surface area (Å²) in [6.07, 6.45) is 3.12. The number of hydrogen-bond donors (Lipinski definition) is 1. The van der Waals surface area contributed by atoms with Gasteiger partial charge in [-0.25, -0.2) is 0 Å². The minimum Gasteiger partial charge on any atom is -0.507 e. The van der Waals surface area contributed by atoms with E-state index in [1.165, 1.54) is 5.57 Å². The molecule has 2 heteroatoms. The minimum absolute atomic E-state index is 0.294. The van der Waals surface area contributed by atoms with Gasteiger partial charge >= 0.3 is 0 Å². The van der Waals surface area contributed by atoms with Gasteiger partial charge in [-0.1, -0.05) is 30.7 Å². The van der Waals surface area contributed by atoms with E-state index in [-0.39, 0.29) is 0 Å². The van der Waals surface area contributed by atoms with Crippen LogP contribution in [0, 0.1) is 0 Å². The van der Waals surface area contributed by atoms with Gasteiger partial charge in [0, 0.05) is 11.3 Å². The molecule has 2 nitrogen and oxygen atoms in total. The molecule has 0 heterocycles. The fourth-order valence-electron chi connectivity index (χ4n) is 1.49. The fourth-order valence-corrected chi connectivity index (χ4v) is 1.49. The van der Waals surface area contributed by atoms with Gasteiger partial charge in [0.25, 0.3) is 0 Å². The molecule has 0 aromatic heterocycles.